The van der Waals surface area contributed by atoms with E-state index in [2.05, 4.69) is 30.8 Å². The van der Waals surface area contributed by atoms with Crippen molar-refractivity contribution in [3.8, 4) is 0 Å². The van der Waals surface area contributed by atoms with Crippen molar-refractivity contribution in [3.05, 3.63) is 40.2 Å². The third-order valence-corrected chi connectivity index (χ3v) is 4.54. The van der Waals surface area contributed by atoms with Crippen molar-refractivity contribution in [2.75, 3.05) is 6.54 Å². The van der Waals surface area contributed by atoms with Gasteiger partial charge < -0.3 is 10.3 Å². The number of hydrogen-bond donors (Lipinski definition) is 2. The summed E-state index contributed by atoms with van der Waals surface area (Å²) in [5.41, 5.74) is 5.50. The number of rotatable bonds is 6. The van der Waals surface area contributed by atoms with Crippen LogP contribution in [0.1, 0.15) is 11.5 Å². The molecule has 0 radical (unpaired) electrons. The molecule has 0 aliphatic carbocycles. The predicted octanol–water partition coefficient (Wildman–Crippen LogP) is 0.951. The summed E-state index contributed by atoms with van der Waals surface area (Å²) < 4.78 is 45.8. The SMILES string of the molecule is NCc1cc(Br)cc(S(=O)(=O)NCCc2ncno2)c1F. The molecule has 0 aliphatic rings. The fraction of sp³-hybridized carbons (Fsp3) is 0.273. The number of benzene rings is 1. The topological polar surface area (TPSA) is 111 Å². The van der Waals surface area contributed by atoms with Crippen molar-refractivity contribution < 1.29 is 17.3 Å². The van der Waals surface area contributed by atoms with Crippen LogP contribution in [0.3, 0.4) is 0 Å². The van der Waals surface area contributed by atoms with Gasteiger partial charge in [0.15, 0.2) is 6.33 Å². The minimum absolute atomic E-state index is 0.00837. The first-order chi connectivity index (χ1) is 9.94. The molecular formula is C11H12BrFN4O3S. The number of halogens is 2. The smallest absolute Gasteiger partial charge is 0.243 e. The van der Waals surface area contributed by atoms with Gasteiger partial charge in [-0.3, -0.25) is 0 Å². The average Bonchev–Trinajstić information content (AvgIpc) is 2.93. The molecule has 0 saturated carbocycles. The Morgan fingerprint density at radius 2 is 2.19 bits per heavy atom. The number of aromatic nitrogens is 2. The number of sulfonamides is 1. The van der Waals surface area contributed by atoms with Crippen molar-refractivity contribution in [2.24, 2.45) is 5.73 Å². The quantitative estimate of drug-likeness (QED) is 0.773. The van der Waals surface area contributed by atoms with Gasteiger partial charge in [-0.15, -0.1) is 0 Å². The van der Waals surface area contributed by atoms with Gasteiger partial charge in [0.1, 0.15) is 10.7 Å². The monoisotopic (exact) mass is 378 g/mol. The van der Waals surface area contributed by atoms with Crippen molar-refractivity contribution in [2.45, 2.75) is 17.9 Å². The van der Waals surface area contributed by atoms with E-state index >= 15 is 0 Å². The fourth-order valence-corrected chi connectivity index (χ4v) is 3.47. The highest BCUT2D eigenvalue weighted by Gasteiger charge is 2.22. The second-order valence-corrected chi connectivity index (χ2v) is 6.71. The zero-order valence-electron chi connectivity index (χ0n) is 10.7. The lowest BCUT2D eigenvalue weighted by Crippen LogP contribution is -2.27. The molecule has 0 spiro atoms. The van der Waals surface area contributed by atoms with Crippen LogP contribution in [-0.4, -0.2) is 25.1 Å². The van der Waals surface area contributed by atoms with Gasteiger partial charge >= 0.3 is 0 Å². The molecule has 0 bridgehead atoms. The van der Waals surface area contributed by atoms with E-state index in [1.807, 2.05) is 0 Å². The van der Waals surface area contributed by atoms with Gasteiger partial charge in [-0.2, -0.15) is 4.98 Å². The fourth-order valence-electron chi connectivity index (χ4n) is 1.64. The highest BCUT2D eigenvalue weighted by Crippen LogP contribution is 2.23. The van der Waals surface area contributed by atoms with E-state index in [9.17, 15) is 12.8 Å². The van der Waals surface area contributed by atoms with Crippen molar-refractivity contribution in [1.29, 1.82) is 0 Å². The highest BCUT2D eigenvalue weighted by atomic mass is 79.9. The molecule has 1 heterocycles. The average molecular weight is 379 g/mol. The summed E-state index contributed by atoms with van der Waals surface area (Å²) in [6.45, 7) is -0.0930. The number of nitrogens with two attached hydrogens (primary N) is 1. The van der Waals surface area contributed by atoms with Crippen LogP contribution in [0.15, 0.2) is 32.4 Å². The Kier molecular flexibility index (Phi) is 5.04. The number of nitrogens with one attached hydrogen (secondary N) is 1. The summed E-state index contributed by atoms with van der Waals surface area (Å²) >= 11 is 3.13. The van der Waals surface area contributed by atoms with E-state index in [1.54, 1.807) is 0 Å². The zero-order valence-corrected chi connectivity index (χ0v) is 13.1. The zero-order chi connectivity index (χ0) is 15.5. The van der Waals surface area contributed by atoms with Crippen LogP contribution in [0.2, 0.25) is 0 Å². The maximum absolute atomic E-state index is 14.1. The highest BCUT2D eigenvalue weighted by molar-refractivity contribution is 9.10. The van der Waals surface area contributed by atoms with E-state index in [-0.39, 0.29) is 31.0 Å². The first-order valence-electron chi connectivity index (χ1n) is 5.87. The summed E-state index contributed by atoms with van der Waals surface area (Å²) in [5.74, 6) is -0.568. The van der Waals surface area contributed by atoms with Crippen molar-refractivity contribution >= 4 is 26.0 Å². The Morgan fingerprint density at radius 1 is 1.43 bits per heavy atom. The first-order valence-corrected chi connectivity index (χ1v) is 8.15. The molecule has 0 aliphatic heterocycles. The molecule has 1 aromatic carbocycles. The molecular weight excluding hydrogens is 367 g/mol. The third kappa shape index (κ3) is 3.84. The number of nitrogens with zero attached hydrogens (tertiary/aromatic N) is 2. The second-order valence-electron chi connectivity index (χ2n) is 4.06. The van der Waals surface area contributed by atoms with E-state index in [4.69, 9.17) is 10.3 Å². The van der Waals surface area contributed by atoms with Crippen LogP contribution in [0, 0.1) is 5.82 Å². The van der Waals surface area contributed by atoms with Gasteiger partial charge in [0.25, 0.3) is 0 Å². The van der Waals surface area contributed by atoms with E-state index in [0.29, 0.717) is 4.47 Å². The molecule has 0 amide bonds. The Balaban J connectivity index is 2.17. The Morgan fingerprint density at radius 3 is 2.81 bits per heavy atom. The minimum atomic E-state index is -4.00. The van der Waals surface area contributed by atoms with Gasteiger partial charge in [-0.1, -0.05) is 21.1 Å². The molecule has 10 heteroatoms. The molecule has 2 rings (SSSR count). The molecule has 0 atom stereocenters. The maximum Gasteiger partial charge on any atom is 0.243 e. The molecule has 3 N–H and O–H groups in total. The molecule has 2 aromatic rings. The van der Waals surface area contributed by atoms with Gasteiger partial charge in [-0.25, -0.2) is 17.5 Å². The molecule has 7 nitrogen and oxygen atoms in total. The lowest BCUT2D eigenvalue weighted by molar-refractivity contribution is 0.377. The second kappa shape index (κ2) is 6.60. The van der Waals surface area contributed by atoms with Crippen LogP contribution >= 0.6 is 15.9 Å². The van der Waals surface area contributed by atoms with Crippen LogP contribution in [0.5, 0.6) is 0 Å². The van der Waals surface area contributed by atoms with Gasteiger partial charge in [-0.05, 0) is 12.1 Å². The summed E-state index contributed by atoms with van der Waals surface area (Å²) in [5, 5.41) is 3.40. The van der Waals surface area contributed by atoms with Crippen LogP contribution in [-0.2, 0) is 23.0 Å². The largest absolute Gasteiger partial charge is 0.340 e. The van der Waals surface area contributed by atoms with Crippen LogP contribution < -0.4 is 10.5 Å². The third-order valence-electron chi connectivity index (χ3n) is 2.63. The van der Waals surface area contributed by atoms with E-state index < -0.39 is 20.7 Å². The summed E-state index contributed by atoms with van der Waals surface area (Å²) in [6.07, 6.45) is 1.42. The summed E-state index contributed by atoms with van der Waals surface area (Å²) in [7, 11) is -4.00. The number of hydrogen-bond acceptors (Lipinski definition) is 6. The molecule has 114 valence electrons. The molecule has 0 unspecified atom stereocenters. The van der Waals surface area contributed by atoms with E-state index in [0.717, 1.165) is 0 Å². The first kappa shape index (κ1) is 16.0. The molecule has 1 aromatic heterocycles. The molecule has 0 saturated heterocycles. The van der Waals surface area contributed by atoms with E-state index in [1.165, 1.54) is 18.5 Å². The Hall–Kier alpha value is -1.36. The lowest BCUT2D eigenvalue weighted by Gasteiger charge is -2.10. The van der Waals surface area contributed by atoms with Crippen molar-refractivity contribution in [1.82, 2.24) is 14.9 Å². The normalized spacial score (nSPS) is 11.8. The van der Waals surface area contributed by atoms with Gasteiger partial charge in [0, 0.05) is 29.5 Å². The van der Waals surface area contributed by atoms with Crippen LogP contribution in [0.4, 0.5) is 4.39 Å². The standard InChI is InChI=1S/C11H12BrFN4O3S/c12-8-3-7(5-14)11(13)9(4-8)21(18,19)17-2-1-10-15-6-16-20-10/h3-4,6,17H,1-2,5,14H2. The predicted molar refractivity (Wildman–Crippen MR) is 75.2 cm³/mol. The van der Waals surface area contributed by atoms with Gasteiger partial charge in [0.2, 0.25) is 15.9 Å². The maximum atomic E-state index is 14.1. The molecule has 21 heavy (non-hydrogen) atoms. The minimum Gasteiger partial charge on any atom is -0.340 e. The summed E-state index contributed by atoms with van der Waals surface area (Å²) in [6, 6.07) is 2.62. The summed E-state index contributed by atoms with van der Waals surface area (Å²) in [4.78, 5) is 3.30. The Bertz CT molecular complexity index is 721. The van der Waals surface area contributed by atoms with Gasteiger partial charge in [0.05, 0.1) is 0 Å². The van der Waals surface area contributed by atoms with Crippen LogP contribution in [0.25, 0.3) is 0 Å². The molecule has 0 fully saturated rings. The Labute approximate surface area is 128 Å². The van der Waals surface area contributed by atoms with Crippen molar-refractivity contribution in [3.63, 3.8) is 0 Å². The lowest BCUT2D eigenvalue weighted by atomic mass is 10.2.